The molecule has 0 atom stereocenters. The standard InChI is InChI=1S/2C13H12.2C6H7N.9C2H6.6CH5N.2CH4/c2*1-3-7-12(8-4-1)11-13-9-5-2-6-10-13;2*7-6-4-2-1-3-5-6;15*1-2;;/h2*1-10H,11H2;2*1-5H,7H2;9*1-2H3;6*2H2,1H3;2*1H4. The third-order valence-electron chi connectivity index (χ3n) is 5.79. The zero-order chi connectivity index (χ0) is 58.1. The van der Waals surface area contributed by atoms with Crippen molar-refractivity contribution in [2.45, 2.75) is 152 Å². The fourth-order valence-corrected chi connectivity index (χ4v) is 3.76. The lowest BCUT2D eigenvalue weighted by Gasteiger charge is -2.00. The molecule has 6 aromatic rings. The summed E-state index contributed by atoms with van der Waals surface area (Å²) in [6.45, 7) is 36.0. The highest BCUT2D eigenvalue weighted by Gasteiger charge is 1.93. The van der Waals surface area contributed by atoms with E-state index in [1.54, 1.807) is 0 Å². The van der Waals surface area contributed by atoms with E-state index in [0.29, 0.717) is 0 Å². The summed E-state index contributed by atoms with van der Waals surface area (Å²) in [5, 5.41) is 0. The summed E-state index contributed by atoms with van der Waals surface area (Å²) in [5.41, 5.74) is 44.8. The van der Waals surface area contributed by atoms with Gasteiger partial charge in [-0.3, -0.25) is 0 Å². The highest BCUT2D eigenvalue weighted by molar-refractivity contribution is 5.36. The van der Waals surface area contributed by atoms with Crippen LogP contribution in [-0.4, -0.2) is 42.3 Å². The maximum absolute atomic E-state index is 5.36. The van der Waals surface area contributed by atoms with Gasteiger partial charge in [-0.1, -0.05) is 297 Å². The normalized spacial score (nSPS) is 6.47. The van der Waals surface area contributed by atoms with Gasteiger partial charge in [-0.2, -0.15) is 0 Å². The molecule has 6 aromatic carbocycles. The molecule has 0 radical (unpaired) electrons. The Morgan fingerprint density at radius 2 is 0.292 bits per heavy atom. The van der Waals surface area contributed by atoms with Crippen molar-refractivity contribution in [1.29, 1.82) is 0 Å². The monoisotopic (exact) mass is 1010 g/mol. The molecule has 8 heteroatoms. The lowest BCUT2D eigenvalue weighted by Crippen LogP contribution is -1.85. The molecular formula is C64H130N8. The van der Waals surface area contributed by atoms with Gasteiger partial charge in [0.2, 0.25) is 0 Å². The van der Waals surface area contributed by atoms with Crippen LogP contribution >= 0.6 is 0 Å². The molecule has 0 fully saturated rings. The van der Waals surface area contributed by atoms with Gasteiger partial charge in [0.15, 0.2) is 0 Å². The lowest BCUT2D eigenvalue weighted by molar-refractivity contribution is 1.19. The van der Waals surface area contributed by atoms with E-state index in [0.717, 1.165) is 24.2 Å². The van der Waals surface area contributed by atoms with Crippen LogP contribution in [0.4, 0.5) is 11.4 Å². The van der Waals surface area contributed by atoms with Gasteiger partial charge in [0.25, 0.3) is 0 Å². The van der Waals surface area contributed by atoms with Crippen LogP contribution in [0.1, 0.15) is 162 Å². The summed E-state index contributed by atoms with van der Waals surface area (Å²) in [6.07, 6.45) is 2.06. The summed E-state index contributed by atoms with van der Waals surface area (Å²) in [4.78, 5) is 0. The topological polar surface area (TPSA) is 208 Å². The van der Waals surface area contributed by atoms with Gasteiger partial charge in [-0.25, -0.2) is 0 Å². The van der Waals surface area contributed by atoms with E-state index in [1.807, 2.05) is 185 Å². The van der Waals surface area contributed by atoms with E-state index in [9.17, 15) is 0 Å². The lowest BCUT2D eigenvalue weighted by atomic mass is 10.1. The third kappa shape index (κ3) is 102. The Morgan fingerprint density at radius 1 is 0.194 bits per heavy atom. The Morgan fingerprint density at radius 3 is 0.375 bits per heavy atom. The van der Waals surface area contributed by atoms with Crippen LogP contribution in [-0.2, 0) is 12.8 Å². The van der Waals surface area contributed by atoms with E-state index in [4.69, 9.17) is 11.5 Å². The molecule has 8 nitrogen and oxygen atoms in total. The van der Waals surface area contributed by atoms with E-state index < -0.39 is 0 Å². The van der Waals surface area contributed by atoms with Crippen molar-refractivity contribution in [2.24, 2.45) is 34.4 Å². The van der Waals surface area contributed by atoms with Gasteiger partial charge >= 0.3 is 0 Å². The summed E-state index contributed by atoms with van der Waals surface area (Å²) < 4.78 is 0. The van der Waals surface area contributed by atoms with E-state index in [2.05, 4.69) is 156 Å². The van der Waals surface area contributed by atoms with Crippen LogP contribution in [0.2, 0.25) is 0 Å². The zero-order valence-corrected chi connectivity index (χ0v) is 50.4. The maximum atomic E-state index is 5.36. The Kier molecular flexibility index (Phi) is 206. The van der Waals surface area contributed by atoms with Gasteiger partial charge < -0.3 is 45.9 Å². The average Bonchev–Trinajstić information content (AvgIpc) is 3.51. The highest BCUT2D eigenvalue weighted by atomic mass is 14.5. The Hall–Kier alpha value is -5.32. The van der Waals surface area contributed by atoms with Crippen LogP contribution in [0.25, 0.3) is 0 Å². The van der Waals surface area contributed by atoms with Gasteiger partial charge in [0.1, 0.15) is 0 Å². The fraction of sp³-hybridized carbons (Fsp3) is 0.438. The average molecular weight is 1010 g/mol. The molecule has 0 saturated heterocycles. The Balaban J connectivity index is -0.0000000396. The van der Waals surface area contributed by atoms with E-state index >= 15 is 0 Å². The molecule has 72 heavy (non-hydrogen) atoms. The first kappa shape index (κ1) is 108. The van der Waals surface area contributed by atoms with Gasteiger partial charge in [-0.15, -0.1) is 0 Å². The largest absolute Gasteiger partial charge is 0.399 e. The smallest absolute Gasteiger partial charge is 0.0313 e. The first-order valence-corrected chi connectivity index (χ1v) is 25.9. The molecule has 0 heterocycles. The second-order valence-electron chi connectivity index (χ2n) is 9.12. The summed E-state index contributed by atoms with van der Waals surface area (Å²) in [6, 6.07) is 61.1. The predicted molar refractivity (Wildman–Crippen MR) is 349 cm³/mol. The highest BCUT2D eigenvalue weighted by Crippen LogP contribution is 2.09. The molecule has 0 saturated carbocycles. The minimum absolute atomic E-state index is 0. The first-order valence-electron chi connectivity index (χ1n) is 25.9. The number of para-hydroxylation sites is 2. The molecule has 0 aliphatic carbocycles. The van der Waals surface area contributed by atoms with E-state index in [1.165, 1.54) is 64.5 Å². The summed E-state index contributed by atoms with van der Waals surface area (Å²) >= 11 is 0. The number of hydrogen-bond donors (Lipinski definition) is 8. The SMILES string of the molecule is C.C.CC.CC.CC.CC.CC.CC.CC.CC.CC.CN.CN.CN.CN.CN.CN.Nc1ccccc1.Nc1ccccc1.c1ccc(Cc2ccccc2)cc1.c1ccc(Cc2ccccc2)cc1. The second kappa shape index (κ2) is 138. The Labute approximate surface area is 454 Å². The maximum Gasteiger partial charge on any atom is 0.0313 e. The summed E-state index contributed by atoms with van der Waals surface area (Å²) in [5.74, 6) is 0. The first-order chi connectivity index (χ1) is 34.7. The molecular weight excluding hydrogens is 881 g/mol. The summed E-state index contributed by atoms with van der Waals surface area (Å²) in [7, 11) is 9.00. The zero-order valence-electron chi connectivity index (χ0n) is 50.4. The van der Waals surface area contributed by atoms with Crippen molar-refractivity contribution in [1.82, 2.24) is 0 Å². The quantitative estimate of drug-likeness (QED) is 0.0795. The van der Waals surface area contributed by atoms with E-state index in [-0.39, 0.29) is 14.9 Å². The number of rotatable bonds is 4. The molecule has 0 spiro atoms. The minimum atomic E-state index is 0. The van der Waals surface area contributed by atoms with Crippen molar-refractivity contribution in [3.05, 3.63) is 204 Å². The van der Waals surface area contributed by atoms with Crippen molar-refractivity contribution in [2.75, 3.05) is 53.8 Å². The number of anilines is 2. The molecule has 0 unspecified atom stereocenters. The molecule has 0 amide bonds. The molecule has 0 bridgehead atoms. The van der Waals surface area contributed by atoms with Crippen molar-refractivity contribution >= 4 is 11.4 Å². The van der Waals surface area contributed by atoms with Crippen molar-refractivity contribution < 1.29 is 0 Å². The molecule has 6 rings (SSSR count). The van der Waals surface area contributed by atoms with Crippen molar-refractivity contribution in [3.8, 4) is 0 Å². The van der Waals surface area contributed by atoms with Gasteiger partial charge in [0, 0.05) is 11.4 Å². The number of hydrogen-bond acceptors (Lipinski definition) is 8. The molecule has 426 valence electrons. The molecule has 16 N–H and O–H groups in total. The third-order valence-corrected chi connectivity index (χ3v) is 5.79. The van der Waals surface area contributed by atoms with Crippen LogP contribution in [0.5, 0.6) is 0 Å². The molecule has 0 aliphatic heterocycles. The number of benzene rings is 6. The van der Waals surface area contributed by atoms with Gasteiger partial charge in [0.05, 0.1) is 0 Å². The molecule has 0 aromatic heterocycles. The predicted octanol–water partition coefficient (Wildman–Crippen LogP) is 17.0. The van der Waals surface area contributed by atoms with Crippen LogP contribution in [0.15, 0.2) is 182 Å². The number of nitrogens with two attached hydrogens (primary N) is 8. The molecule has 0 aliphatic rings. The van der Waals surface area contributed by atoms with Crippen molar-refractivity contribution in [3.63, 3.8) is 0 Å². The number of nitrogen functional groups attached to an aromatic ring is 2. The Bertz CT molecular complexity index is 1240. The second-order valence-corrected chi connectivity index (χ2v) is 9.12. The van der Waals surface area contributed by atoms with Gasteiger partial charge in [-0.05, 0) is 102 Å². The van der Waals surface area contributed by atoms with Crippen LogP contribution in [0.3, 0.4) is 0 Å². The minimum Gasteiger partial charge on any atom is -0.399 e. The fourth-order valence-electron chi connectivity index (χ4n) is 3.76. The van der Waals surface area contributed by atoms with Crippen LogP contribution < -0.4 is 45.9 Å². The van der Waals surface area contributed by atoms with Crippen LogP contribution in [0, 0.1) is 0 Å².